The van der Waals surface area contributed by atoms with Gasteiger partial charge in [-0.2, -0.15) is 0 Å². The Morgan fingerprint density at radius 1 is 0.935 bits per heavy atom. The number of likely N-dealkylation sites (tertiary alicyclic amines) is 1. The van der Waals surface area contributed by atoms with E-state index in [1.54, 1.807) is 0 Å². The van der Waals surface area contributed by atoms with Crippen LogP contribution in [0, 0.1) is 11.8 Å². The molecule has 162 valence electrons. The predicted molar refractivity (Wildman–Crippen MR) is 116 cm³/mol. The van der Waals surface area contributed by atoms with Gasteiger partial charge < -0.3 is 24.1 Å². The second kappa shape index (κ2) is 7.77. The first kappa shape index (κ1) is 19.0. The van der Waals surface area contributed by atoms with Crippen molar-refractivity contribution in [2.75, 3.05) is 33.0 Å². The molecule has 3 aliphatic heterocycles. The average Bonchev–Trinajstić information content (AvgIpc) is 3.39. The van der Waals surface area contributed by atoms with Crippen molar-refractivity contribution in [1.29, 1.82) is 0 Å². The number of fused-ring (bicyclic) bond motifs is 3. The summed E-state index contributed by atoms with van der Waals surface area (Å²) < 4.78 is 22.9. The van der Waals surface area contributed by atoms with E-state index in [-0.39, 0.29) is 12.9 Å². The van der Waals surface area contributed by atoms with Crippen molar-refractivity contribution in [3.63, 3.8) is 0 Å². The molecule has 1 N–H and O–H groups in total. The van der Waals surface area contributed by atoms with Gasteiger partial charge in [0, 0.05) is 31.3 Å². The third kappa shape index (κ3) is 3.75. The van der Waals surface area contributed by atoms with Crippen molar-refractivity contribution in [2.24, 2.45) is 11.8 Å². The first-order valence-electron chi connectivity index (χ1n) is 11.1. The van der Waals surface area contributed by atoms with E-state index in [2.05, 4.69) is 17.0 Å². The molecule has 1 saturated carbocycles. The van der Waals surface area contributed by atoms with Crippen LogP contribution >= 0.6 is 0 Å². The Hall–Kier alpha value is -2.70. The molecular weight excluding hydrogens is 394 g/mol. The summed E-state index contributed by atoms with van der Waals surface area (Å²) in [6.07, 6.45) is 3.28. The third-order valence-electron chi connectivity index (χ3n) is 6.91. The van der Waals surface area contributed by atoms with Gasteiger partial charge in [0.15, 0.2) is 11.5 Å². The van der Waals surface area contributed by atoms with Crippen LogP contribution in [0.3, 0.4) is 0 Å². The monoisotopic (exact) mass is 421 g/mol. The number of aliphatic hydroxyl groups is 1. The maximum atomic E-state index is 10.8. The molecule has 4 aliphatic rings. The van der Waals surface area contributed by atoms with Crippen LogP contribution in [0.25, 0.3) is 6.08 Å². The summed E-state index contributed by atoms with van der Waals surface area (Å²) in [4.78, 5) is 2.51. The summed E-state index contributed by atoms with van der Waals surface area (Å²) in [5.74, 6) is 4.20. The molecule has 0 bridgehead atoms. The van der Waals surface area contributed by atoms with Gasteiger partial charge in [-0.1, -0.05) is 18.2 Å². The van der Waals surface area contributed by atoms with Crippen LogP contribution in [0.5, 0.6) is 23.0 Å². The highest BCUT2D eigenvalue weighted by Crippen LogP contribution is 2.40. The Morgan fingerprint density at radius 3 is 2.71 bits per heavy atom. The average molecular weight is 421 g/mol. The molecular formula is C25H27NO5. The Bertz CT molecular complexity index is 1010. The van der Waals surface area contributed by atoms with Crippen LogP contribution in [-0.4, -0.2) is 55.2 Å². The van der Waals surface area contributed by atoms with E-state index in [9.17, 15) is 5.11 Å². The first-order chi connectivity index (χ1) is 15.2. The minimum atomic E-state index is -0.448. The number of aliphatic hydroxyl groups excluding tert-OH is 1. The lowest BCUT2D eigenvalue weighted by Crippen LogP contribution is -2.42. The lowest BCUT2D eigenvalue weighted by Gasteiger charge is -2.35. The Balaban J connectivity index is 1.09. The van der Waals surface area contributed by atoms with Crippen LogP contribution in [-0.2, 0) is 0 Å². The molecule has 4 atom stereocenters. The van der Waals surface area contributed by atoms with Crippen molar-refractivity contribution in [3.05, 3.63) is 53.6 Å². The summed E-state index contributed by atoms with van der Waals surface area (Å²) in [7, 11) is 0. The molecule has 0 radical (unpaired) electrons. The molecule has 0 spiro atoms. The van der Waals surface area contributed by atoms with Gasteiger partial charge in [0.05, 0.1) is 6.10 Å². The largest absolute Gasteiger partial charge is 0.489 e. The van der Waals surface area contributed by atoms with Crippen molar-refractivity contribution >= 4 is 6.08 Å². The number of benzene rings is 2. The number of para-hydroxylation sites is 1. The van der Waals surface area contributed by atoms with Crippen LogP contribution in [0.2, 0.25) is 0 Å². The normalized spacial score (nSPS) is 29.0. The minimum absolute atomic E-state index is 0.189. The predicted octanol–water partition coefficient (Wildman–Crippen LogP) is 3.34. The quantitative estimate of drug-likeness (QED) is 0.817. The highest BCUT2D eigenvalue weighted by atomic mass is 16.7. The van der Waals surface area contributed by atoms with Crippen LogP contribution in [0.4, 0.5) is 0 Å². The molecule has 3 heterocycles. The zero-order chi connectivity index (χ0) is 20.8. The molecule has 0 amide bonds. The van der Waals surface area contributed by atoms with Gasteiger partial charge in [-0.15, -0.1) is 0 Å². The fourth-order valence-electron chi connectivity index (χ4n) is 5.41. The number of nitrogens with zero attached hydrogens (tertiary/aromatic N) is 1. The number of ether oxygens (including phenoxy) is 4. The van der Waals surface area contributed by atoms with E-state index in [1.165, 1.54) is 5.57 Å². The lowest BCUT2D eigenvalue weighted by molar-refractivity contribution is -0.0232. The standard InChI is InChI=1S/C25H27NO5/c27-21-8-18-12-26(11-16-7-17-3-1-2-4-22(17)28-14-16)13-19(18)9-24(21)31-20-5-6-23-25(10-20)30-15-29-23/h1-7,10,18-19,21,24,27H,8-9,11-15H2/t18-,19+,21+,24+/m0/s1. The SMILES string of the molecule is O[C@@H]1C[C@H]2CN(CC3=Cc4ccccc4OC3)C[C@H]2C[C@H]1Oc1ccc2c(c1)OCO2. The summed E-state index contributed by atoms with van der Waals surface area (Å²) >= 11 is 0. The van der Waals surface area contributed by atoms with Crippen LogP contribution < -0.4 is 18.9 Å². The molecule has 1 saturated heterocycles. The molecule has 6 nitrogen and oxygen atoms in total. The van der Waals surface area contributed by atoms with E-state index in [4.69, 9.17) is 18.9 Å². The molecule has 0 unspecified atom stereocenters. The van der Waals surface area contributed by atoms with Crippen molar-refractivity contribution in [3.8, 4) is 23.0 Å². The van der Waals surface area contributed by atoms with Gasteiger partial charge >= 0.3 is 0 Å². The lowest BCUT2D eigenvalue weighted by atomic mass is 9.78. The number of hydrogen-bond acceptors (Lipinski definition) is 6. The Morgan fingerprint density at radius 2 is 1.77 bits per heavy atom. The van der Waals surface area contributed by atoms with Gasteiger partial charge in [0.25, 0.3) is 0 Å². The fourth-order valence-corrected chi connectivity index (χ4v) is 5.41. The van der Waals surface area contributed by atoms with Gasteiger partial charge in [-0.05, 0) is 54.5 Å². The van der Waals surface area contributed by atoms with E-state index < -0.39 is 6.10 Å². The summed E-state index contributed by atoms with van der Waals surface area (Å²) in [5, 5.41) is 10.8. The highest BCUT2D eigenvalue weighted by Gasteiger charge is 2.42. The number of rotatable bonds is 4. The molecule has 2 aromatic carbocycles. The Labute approximate surface area is 182 Å². The summed E-state index contributed by atoms with van der Waals surface area (Å²) in [5.41, 5.74) is 2.47. The van der Waals surface area contributed by atoms with Gasteiger partial charge in [0.2, 0.25) is 6.79 Å². The zero-order valence-electron chi connectivity index (χ0n) is 17.4. The zero-order valence-corrected chi connectivity index (χ0v) is 17.4. The molecule has 2 fully saturated rings. The van der Waals surface area contributed by atoms with E-state index in [0.717, 1.165) is 55.3 Å². The first-order valence-corrected chi connectivity index (χ1v) is 11.1. The van der Waals surface area contributed by atoms with Gasteiger partial charge in [-0.25, -0.2) is 0 Å². The van der Waals surface area contributed by atoms with E-state index in [1.807, 2.05) is 36.4 Å². The molecule has 6 rings (SSSR count). The maximum Gasteiger partial charge on any atom is 0.231 e. The maximum absolute atomic E-state index is 10.8. The highest BCUT2D eigenvalue weighted by molar-refractivity contribution is 5.62. The van der Waals surface area contributed by atoms with E-state index in [0.29, 0.717) is 24.2 Å². The third-order valence-corrected chi connectivity index (χ3v) is 6.91. The second-order valence-corrected chi connectivity index (χ2v) is 9.05. The molecule has 1 aliphatic carbocycles. The fraction of sp³-hybridized carbons (Fsp3) is 0.440. The van der Waals surface area contributed by atoms with Crippen molar-refractivity contribution in [1.82, 2.24) is 4.90 Å². The molecule has 6 heteroatoms. The summed E-state index contributed by atoms with van der Waals surface area (Å²) in [6.45, 7) is 3.89. The smallest absolute Gasteiger partial charge is 0.231 e. The number of hydrogen-bond donors (Lipinski definition) is 1. The van der Waals surface area contributed by atoms with Crippen molar-refractivity contribution in [2.45, 2.75) is 25.0 Å². The van der Waals surface area contributed by atoms with Crippen molar-refractivity contribution < 1.29 is 24.1 Å². The molecule has 0 aromatic heterocycles. The van der Waals surface area contributed by atoms with Crippen LogP contribution in [0.15, 0.2) is 48.0 Å². The Kier molecular flexibility index (Phi) is 4.77. The van der Waals surface area contributed by atoms with E-state index >= 15 is 0 Å². The topological polar surface area (TPSA) is 60.4 Å². The van der Waals surface area contributed by atoms with Gasteiger partial charge in [0.1, 0.15) is 24.2 Å². The molecule has 2 aromatic rings. The minimum Gasteiger partial charge on any atom is -0.489 e. The summed E-state index contributed by atoms with van der Waals surface area (Å²) in [6, 6.07) is 13.8. The van der Waals surface area contributed by atoms with Crippen LogP contribution in [0.1, 0.15) is 18.4 Å². The second-order valence-electron chi connectivity index (χ2n) is 9.05. The molecule has 31 heavy (non-hydrogen) atoms. The van der Waals surface area contributed by atoms with Gasteiger partial charge in [-0.3, -0.25) is 4.90 Å².